The molecule has 5 rings (SSSR count). The molecule has 0 fully saturated rings. The van der Waals surface area contributed by atoms with Crippen LogP contribution >= 0.6 is 0 Å². The Bertz CT molecular complexity index is 1420. The topological polar surface area (TPSA) is 64.7 Å². The van der Waals surface area contributed by atoms with Crippen LogP contribution in [0.2, 0.25) is 0 Å². The van der Waals surface area contributed by atoms with Gasteiger partial charge in [-0.05, 0) is 42.8 Å². The molecular formula is C23H18FN5O. The maximum absolute atomic E-state index is 14.3. The van der Waals surface area contributed by atoms with Crippen molar-refractivity contribution in [2.75, 3.05) is 5.32 Å². The number of amides is 1. The van der Waals surface area contributed by atoms with Crippen molar-refractivity contribution < 1.29 is 9.18 Å². The van der Waals surface area contributed by atoms with Crippen molar-refractivity contribution in [3.05, 3.63) is 84.1 Å². The summed E-state index contributed by atoms with van der Waals surface area (Å²) in [6.45, 7) is 1.80. The zero-order valence-electron chi connectivity index (χ0n) is 16.4. The van der Waals surface area contributed by atoms with Crippen LogP contribution in [0.4, 0.5) is 10.1 Å². The maximum atomic E-state index is 14.3. The van der Waals surface area contributed by atoms with Crippen molar-refractivity contribution in [2.45, 2.75) is 6.92 Å². The fourth-order valence-corrected chi connectivity index (χ4v) is 3.80. The van der Waals surface area contributed by atoms with Gasteiger partial charge in [0.1, 0.15) is 11.5 Å². The summed E-state index contributed by atoms with van der Waals surface area (Å²) in [6.07, 6.45) is 3.25. The molecule has 3 heterocycles. The molecule has 0 saturated carbocycles. The summed E-state index contributed by atoms with van der Waals surface area (Å²) < 4.78 is 18.1. The smallest absolute Gasteiger partial charge is 0.272 e. The lowest BCUT2D eigenvalue weighted by atomic mass is 10.2. The van der Waals surface area contributed by atoms with E-state index < -0.39 is 11.7 Å². The lowest BCUT2D eigenvalue weighted by molar-refractivity contribution is 0.102. The van der Waals surface area contributed by atoms with E-state index in [-0.39, 0.29) is 5.69 Å². The highest BCUT2D eigenvalue weighted by Crippen LogP contribution is 2.32. The number of halogens is 1. The van der Waals surface area contributed by atoms with Crippen molar-refractivity contribution in [1.29, 1.82) is 0 Å². The molecule has 3 aromatic heterocycles. The van der Waals surface area contributed by atoms with Crippen LogP contribution in [0.3, 0.4) is 0 Å². The van der Waals surface area contributed by atoms with E-state index in [0.717, 1.165) is 27.5 Å². The molecule has 0 spiro atoms. The van der Waals surface area contributed by atoms with Gasteiger partial charge in [-0.3, -0.25) is 9.36 Å². The molecule has 0 unspecified atom stereocenters. The zero-order valence-corrected chi connectivity index (χ0v) is 16.4. The first-order valence-electron chi connectivity index (χ1n) is 9.48. The molecule has 5 aromatic rings. The number of hydrogen-bond donors (Lipinski definition) is 1. The Labute approximate surface area is 171 Å². The Kier molecular flexibility index (Phi) is 4.10. The number of para-hydroxylation sites is 1. The molecule has 0 radical (unpaired) electrons. The molecule has 1 N–H and O–H groups in total. The Morgan fingerprint density at radius 2 is 1.77 bits per heavy atom. The van der Waals surface area contributed by atoms with Crippen LogP contribution < -0.4 is 5.32 Å². The molecule has 0 aliphatic heterocycles. The number of nitrogens with one attached hydrogen (secondary N) is 1. The second kappa shape index (κ2) is 6.81. The molecule has 30 heavy (non-hydrogen) atoms. The molecule has 0 atom stereocenters. The van der Waals surface area contributed by atoms with Crippen molar-refractivity contribution >= 4 is 33.5 Å². The Morgan fingerprint density at radius 1 is 1.00 bits per heavy atom. The summed E-state index contributed by atoms with van der Waals surface area (Å²) in [7, 11) is 1.95. The van der Waals surface area contributed by atoms with E-state index in [1.807, 2.05) is 35.9 Å². The van der Waals surface area contributed by atoms with Gasteiger partial charge >= 0.3 is 0 Å². The van der Waals surface area contributed by atoms with Gasteiger partial charge in [0, 0.05) is 24.8 Å². The molecule has 6 nitrogen and oxygen atoms in total. The molecule has 0 aliphatic carbocycles. The summed E-state index contributed by atoms with van der Waals surface area (Å²) in [5.74, 6) is -0.545. The standard InChI is InChI=1S/C23H18FN5O/c1-14-8-9-17(16(24)12-14)27-22(30)20-13-19-21(29(20)23-25-10-5-11-26-23)15-6-3-4-7-18(15)28(19)2/h3-13H,1-2H3,(H,27,30). The molecule has 2 aromatic carbocycles. The number of benzene rings is 2. The second-order valence-corrected chi connectivity index (χ2v) is 7.16. The minimum atomic E-state index is -0.479. The third kappa shape index (κ3) is 2.75. The Hall–Kier alpha value is -4.00. The van der Waals surface area contributed by atoms with Crippen molar-refractivity contribution in [1.82, 2.24) is 19.1 Å². The van der Waals surface area contributed by atoms with E-state index in [4.69, 9.17) is 0 Å². The lowest BCUT2D eigenvalue weighted by Gasteiger charge is -2.10. The number of carbonyl (C=O) groups is 1. The number of anilines is 1. The van der Waals surface area contributed by atoms with Crippen LogP contribution in [0.5, 0.6) is 0 Å². The first-order valence-corrected chi connectivity index (χ1v) is 9.48. The molecule has 0 bridgehead atoms. The SMILES string of the molecule is Cc1ccc(NC(=O)c2cc3c(c4ccccc4n3C)n2-c2ncccn2)c(F)c1. The van der Waals surface area contributed by atoms with Crippen LogP contribution in [-0.2, 0) is 7.05 Å². The van der Waals surface area contributed by atoms with E-state index in [0.29, 0.717) is 11.6 Å². The van der Waals surface area contributed by atoms with Crippen LogP contribution in [0.15, 0.2) is 67.0 Å². The third-order valence-corrected chi connectivity index (χ3v) is 5.22. The highest BCUT2D eigenvalue weighted by Gasteiger charge is 2.23. The highest BCUT2D eigenvalue weighted by atomic mass is 19.1. The van der Waals surface area contributed by atoms with E-state index in [9.17, 15) is 9.18 Å². The van der Waals surface area contributed by atoms with Crippen LogP contribution in [0.1, 0.15) is 16.1 Å². The van der Waals surface area contributed by atoms with Crippen LogP contribution in [-0.4, -0.2) is 25.0 Å². The van der Waals surface area contributed by atoms with Gasteiger partial charge in [0.25, 0.3) is 5.91 Å². The number of rotatable bonds is 3. The number of carbonyl (C=O) groups excluding carboxylic acids is 1. The van der Waals surface area contributed by atoms with Crippen molar-refractivity contribution in [3.8, 4) is 5.95 Å². The molecule has 148 valence electrons. The summed E-state index contributed by atoms with van der Waals surface area (Å²) in [6, 6.07) is 16.1. The predicted octanol–water partition coefficient (Wildman–Crippen LogP) is 4.61. The summed E-state index contributed by atoms with van der Waals surface area (Å²) in [4.78, 5) is 21.9. The largest absolute Gasteiger partial charge is 0.342 e. The van der Waals surface area contributed by atoms with Gasteiger partial charge in [0.15, 0.2) is 0 Å². The molecule has 0 aliphatic rings. The van der Waals surface area contributed by atoms with Crippen molar-refractivity contribution in [2.24, 2.45) is 7.05 Å². The third-order valence-electron chi connectivity index (χ3n) is 5.22. The van der Waals surface area contributed by atoms with Gasteiger partial charge in [-0.1, -0.05) is 24.3 Å². The van der Waals surface area contributed by atoms with E-state index in [1.165, 1.54) is 6.07 Å². The Morgan fingerprint density at radius 3 is 2.53 bits per heavy atom. The number of aryl methyl sites for hydroxylation is 2. The minimum Gasteiger partial charge on any atom is -0.342 e. The average Bonchev–Trinajstić information content (AvgIpc) is 3.27. The zero-order chi connectivity index (χ0) is 20.8. The minimum absolute atomic E-state index is 0.126. The number of fused-ring (bicyclic) bond motifs is 3. The number of aromatic nitrogens is 4. The van der Waals surface area contributed by atoms with Gasteiger partial charge in [-0.15, -0.1) is 0 Å². The van der Waals surface area contributed by atoms with E-state index >= 15 is 0 Å². The monoisotopic (exact) mass is 399 g/mol. The fraction of sp³-hybridized carbons (Fsp3) is 0.0870. The lowest BCUT2D eigenvalue weighted by Crippen LogP contribution is -2.18. The highest BCUT2D eigenvalue weighted by molar-refractivity contribution is 6.13. The quantitative estimate of drug-likeness (QED) is 0.482. The molecule has 1 amide bonds. The fourth-order valence-electron chi connectivity index (χ4n) is 3.80. The van der Waals surface area contributed by atoms with Gasteiger partial charge in [-0.2, -0.15) is 0 Å². The normalized spacial score (nSPS) is 11.3. The van der Waals surface area contributed by atoms with E-state index in [1.54, 1.807) is 48.1 Å². The molecule has 7 heteroatoms. The summed E-state index contributed by atoms with van der Waals surface area (Å²) >= 11 is 0. The molecule has 0 saturated heterocycles. The first kappa shape index (κ1) is 18.1. The number of nitrogens with zero attached hydrogens (tertiary/aromatic N) is 4. The predicted molar refractivity (Wildman–Crippen MR) is 114 cm³/mol. The van der Waals surface area contributed by atoms with Gasteiger partial charge in [-0.25, -0.2) is 14.4 Å². The maximum Gasteiger partial charge on any atom is 0.272 e. The Balaban J connectivity index is 1.73. The first-order chi connectivity index (χ1) is 14.5. The van der Waals surface area contributed by atoms with Gasteiger partial charge < -0.3 is 9.88 Å². The van der Waals surface area contributed by atoms with Crippen LogP contribution in [0.25, 0.3) is 27.9 Å². The van der Waals surface area contributed by atoms with E-state index in [2.05, 4.69) is 15.3 Å². The van der Waals surface area contributed by atoms with Gasteiger partial charge in [0.2, 0.25) is 5.95 Å². The van der Waals surface area contributed by atoms with Gasteiger partial charge in [0.05, 0.1) is 22.2 Å². The average molecular weight is 399 g/mol. The summed E-state index contributed by atoms with van der Waals surface area (Å²) in [5, 5.41) is 3.66. The van der Waals surface area contributed by atoms with Crippen LogP contribution in [0, 0.1) is 12.7 Å². The van der Waals surface area contributed by atoms with Crippen molar-refractivity contribution in [3.63, 3.8) is 0 Å². The summed E-state index contributed by atoms with van der Waals surface area (Å²) in [5.41, 5.74) is 3.95. The number of hydrogen-bond acceptors (Lipinski definition) is 3. The molecular weight excluding hydrogens is 381 g/mol. The second-order valence-electron chi connectivity index (χ2n) is 7.16.